The Kier molecular flexibility index (Phi) is 5.69. The minimum atomic E-state index is -1.14. The average Bonchev–Trinajstić information content (AvgIpc) is 2.62. The van der Waals surface area contributed by atoms with Gasteiger partial charge in [0.2, 0.25) is 11.6 Å². The monoisotopic (exact) mass is 404 g/mol. The summed E-state index contributed by atoms with van der Waals surface area (Å²) in [6.45, 7) is 11.6. The maximum absolute atomic E-state index is 6.52. The number of hydrogen-bond acceptors (Lipinski definition) is 8. The molecule has 0 aromatic heterocycles. The predicted molar refractivity (Wildman–Crippen MR) is 100 cm³/mol. The van der Waals surface area contributed by atoms with Crippen LogP contribution in [0.2, 0.25) is 0 Å². The predicted octanol–water partition coefficient (Wildman–Crippen LogP) is 1.88. The molecule has 164 valence electrons. The molecule has 8 atom stereocenters. The van der Waals surface area contributed by atoms with Crippen LogP contribution in [0.1, 0.15) is 41.5 Å². The molecule has 0 N–H and O–H groups in total. The molecule has 0 spiro atoms. The minimum Gasteiger partial charge on any atom is -0.376 e. The van der Waals surface area contributed by atoms with E-state index in [2.05, 4.69) is 0 Å². The summed E-state index contributed by atoms with van der Waals surface area (Å²) < 4.78 is 48.9. The lowest BCUT2D eigenvalue weighted by Gasteiger charge is -2.62. The van der Waals surface area contributed by atoms with Gasteiger partial charge in [-0.05, 0) is 41.5 Å². The van der Waals surface area contributed by atoms with Gasteiger partial charge in [-0.1, -0.05) is 0 Å². The second-order valence-corrected chi connectivity index (χ2v) is 9.05. The first-order valence-corrected chi connectivity index (χ1v) is 9.77. The normalized spacial score (nSPS) is 49.9. The third-order valence-electron chi connectivity index (χ3n) is 7.12. The third kappa shape index (κ3) is 3.04. The van der Waals surface area contributed by atoms with Crippen molar-refractivity contribution in [2.45, 2.75) is 101 Å². The Bertz CT molecular complexity index is 531. The van der Waals surface area contributed by atoms with E-state index in [0.29, 0.717) is 0 Å². The van der Waals surface area contributed by atoms with Crippen molar-refractivity contribution in [3.63, 3.8) is 0 Å². The van der Waals surface area contributed by atoms with E-state index in [-0.39, 0.29) is 0 Å². The maximum atomic E-state index is 6.52. The van der Waals surface area contributed by atoms with Crippen LogP contribution in [0, 0.1) is 0 Å². The summed E-state index contributed by atoms with van der Waals surface area (Å²) >= 11 is 0. The Balaban J connectivity index is 2.03. The summed E-state index contributed by atoms with van der Waals surface area (Å²) in [5.74, 6) is -2.29. The standard InChI is InChI=1S/C20H36O8/c1-17(2)18(3,4)26-14-12(22-8)16-15(11(21-7)13(14)25-17)27-19(5,23-9)20(6,24-10)28-16/h11-16H,1-10H3/t11-,12+,13-,14-,15+,16+,19-,20-/m0/s1. The second-order valence-electron chi connectivity index (χ2n) is 9.05. The molecule has 1 aliphatic carbocycles. The van der Waals surface area contributed by atoms with Gasteiger partial charge in [0.05, 0.1) is 11.2 Å². The van der Waals surface area contributed by atoms with E-state index in [0.717, 1.165) is 0 Å². The van der Waals surface area contributed by atoms with Gasteiger partial charge in [0.15, 0.2) is 0 Å². The number of hydrogen-bond donors (Lipinski definition) is 0. The Morgan fingerprint density at radius 3 is 1.04 bits per heavy atom. The highest BCUT2D eigenvalue weighted by atomic mass is 16.8. The van der Waals surface area contributed by atoms with Crippen LogP contribution in [-0.4, -0.2) is 87.8 Å². The summed E-state index contributed by atoms with van der Waals surface area (Å²) in [5, 5.41) is 0. The van der Waals surface area contributed by atoms with Gasteiger partial charge in [-0.2, -0.15) is 0 Å². The molecule has 0 bridgehead atoms. The summed E-state index contributed by atoms with van der Waals surface area (Å²) in [7, 11) is 6.40. The third-order valence-corrected chi connectivity index (χ3v) is 7.12. The fourth-order valence-corrected chi connectivity index (χ4v) is 4.36. The van der Waals surface area contributed by atoms with E-state index in [9.17, 15) is 0 Å². The highest BCUT2D eigenvalue weighted by Crippen LogP contribution is 2.49. The van der Waals surface area contributed by atoms with E-state index in [1.165, 1.54) is 0 Å². The van der Waals surface area contributed by atoms with Crippen LogP contribution in [0.4, 0.5) is 0 Å². The second kappa shape index (κ2) is 7.13. The van der Waals surface area contributed by atoms with Gasteiger partial charge < -0.3 is 37.9 Å². The van der Waals surface area contributed by atoms with Crippen molar-refractivity contribution in [2.24, 2.45) is 0 Å². The SMILES string of the molecule is CO[C@@H]1[C@@H]2OC(C)(C)C(C)(C)O[C@H]2[C@H](OC)[C@H]2O[C@](C)(OC)[C@@](C)(OC)O[C@H]12. The van der Waals surface area contributed by atoms with Crippen molar-refractivity contribution in [3.8, 4) is 0 Å². The zero-order valence-corrected chi connectivity index (χ0v) is 18.7. The molecule has 0 aromatic carbocycles. The lowest BCUT2D eigenvalue weighted by molar-refractivity contribution is -0.480. The van der Waals surface area contributed by atoms with Crippen molar-refractivity contribution in [3.05, 3.63) is 0 Å². The molecule has 0 unspecified atom stereocenters. The smallest absolute Gasteiger partial charge is 0.220 e. The van der Waals surface area contributed by atoms with Gasteiger partial charge in [0, 0.05) is 28.4 Å². The van der Waals surface area contributed by atoms with Crippen LogP contribution in [-0.2, 0) is 37.9 Å². The molecule has 0 radical (unpaired) electrons. The fraction of sp³-hybridized carbons (Fsp3) is 1.00. The Morgan fingerprint density at radius 2 is 0.786 bits per heavy atom. The zero-order chi connectivity index (χ0) is 21.1. The molecule has 3 rings (SSSR count). The molecule has 1 saturated carbocycles. The highest BCUT2D eigenvalue weighted by Gasteiger charge is 2.67. The van der Waals surface area contributed by atoms with E-state index in [1.807, 2.05) is 27.7 Å². The average molecular weight is 405 g/mol. The van der Waals surface area contributed by atoms with Gasteiger partial charge in [0.1, 0.15) is 36.6 Å². The molecule has 2 heterocycles. The molecule has 2 aliphatic heterocycles. The Hall–Kier alpha value is -0.320. The summed E-state index contributed by atoms with van der Waals surface area (Å²) in [6.07, 6.45) is -2.65. The first-order chi connectivity index (χ1) is 12.9. The van der Waals surface area contributed by atoms with Crippen LogP contribution in [0.15, 0.2) is 0 Å². The van der Waals surface area contributed by atoms with E-state index < -0.39 is 59.4 Å². The molecule has 28 heavy (non-hydrogen) atoms. The van der Waals surface area contributed by atoms with E-state index in [4.69, 9.17) is 37.9 Å². The Morgan fingerprint density at radius 1 is 0.500 bits per heavy atom. The lowest BCUT2D eigenvalue weighted by atomic mass is 9.78. The van der Waals surface area contributed by atoms with Crippen molar-refractivity contribution in [2.75, 3.05) is 28.4 Å². The molecule has 3 fully saturated rings. The van der Waals surface area contributed by atoms with Crippen LogP contribution in [0.25, 0.3) is 0 Å². The van der Waals surface area contributed by atoms with Crippen molar-refractivity contribution in [1.82, 2.24) is 0 Å². The van der Waals surface area contributed by atoms with Crippen LogP contribution in [0.5, 0.6) is 0 Å². The minimum absolute atomic E-state index is 0.393. The van der Waals surface area contributed by atoms with Gasteiger partial charge in [-0.25, -0.2) is 0 Å². The van der Waals surface area contributed by atoms with Crippen molar-refractivity contribution < 1.29 is 37.9 Å². The lowest BCUT2D eigenvalue weighted by Crippen LogP contribution is -2.78. The first-order valence-electron chi connectivity index (χ1n) is 9.77. The highest BCUT2D eigenvalue weighted by molar-refractivity contribution is 5.11. The molecular weight excluding hydrogens is 368 g/mol. The number of ether oxygens (including phenoxy) is 8. The number of fused-ring (bicyclic) bond motifs is 2. The molecule has 2 saturated heterocycles. The van der Waals surface area contributed by atoms with Gasteiger partial charge in [-0.15, -0.1) is 0 Å². The molecular formula is C20H36O8. The molecule has 0 aromatic rings. The van der Waals surface area contributed by atoms with Gasteiger partial charge in [-0.3, -0.25) is 0 Å². The van der Waals surface area contributed by atoms with E-state index >= 15 is 0 Å². The zero-order valence-electron chi connectivity index (χ0n) is 18.7. The topological polar surface area (TPSA) is 73.8 Å². The fourth-order valence-electron chi connectivity index (χ4n) is 4.36. The molecule has 0 amide bonds. The molecule has 3 aliphatic rings. The van der Waals surface area contributed by atoms with Crippen LogP contribution >= 0.6 is 0 Å². The van der Waals surface area contributed by atoms with Crippen molar-refractivity contribution >= 4 is 0 Å². The van der Waals surface area contributed by atoms with Gasteiger partial charge in [0.25, 0.3) is 0 Å². The molecule has 8 heteroatoms. The summed E-state index contributed by atoms with van der Waals surface area (Å²) in [4.78, 5) is 0. The van der Waals surface area contributed by atoms with Crippen molar-refractivity contribution in [1.29, 1.82) is 0 Å². The largest absolute Gasteiger partial charge is 0.376 e. The quantitative estimate of drug-likeness (QED) is 0.703. The first kappa shape index (κ1) is 22.4. The number of methoxy groups -OCH3 is 4. The van der Waals surface area contributed by atoms with Crippen LogP contribution in [0.3, 0.4) is 0 Å². The number of rotatable bonds is 4. The van der Waals surface area contributed by atoms with Crippen LogP contribution < -0.4 is 0 Å². The summed E-state index contributed by atoms with van der Waals surface area (Å²) in [6, 6.07) is 0. The van der Waals surface area contributed by atoms with Gasteiger partial charge >= 0.3 is 0 Å². The van der Waals surface area contributed by atoms with E-state index in [1.54, 1.807) is 42.3 Å². The summed E-state index contributed by atoms with van der Waals surface area (Å²) in [5.41, 5.74) is -1.06. The Labute approximate surface area is 168 Å². The molecule has 8 nitrogen and oxygen atoms in total. The maximum Gasteiger partial charge on any atom is 0.220 e.